The number of hydrogen-bond donors (Lipinski definition) is 3. The predicted octanol–water partition coefficient (Wildman–Crippen LogP) is 19.6. The average Bonchev–Trinajstić information content (AvgIpc) is 3.35. The number of allylic oxidation sites excluding steroid dienone is 1. The van der Waals surface area contributed by atoms with Crippen LogP contribution in [0.4, 0.5) is 0 Å². The molecule has 0 aromatic rings. The van der Waals surface area contributed by atoms with Crippen LogP contribution in [0.1, 0.15) is 354 Å². The minimum atomic E-state index is -0.851. The molecule has 1 amide bonds. The number of esters is 1. The summed E-state index contributed by atoms with van der Waals surface area (Å²) in [4.78, 5) is 24.6. The fourth-order valence-electron chi connectivity index (χ4n) is 9.99. The Balaban J connectivity index is 3.44. The molecule has 0 saturated carbocycles. The minimum Gasteiger partial charge on any atom is -0.466 e. The number of aliphatic hydroxyl groups is 2. The van der Waals surface area contributed by atoms with E-state index in [9.17, 15) is 19.8 Å². The maximum Gasteiger partial charge on any atom is 0.305 e. The molecule has 0 aromatic heterocycles. The number of aliphatic hydroxyl groups excluding tert-OH is 2. The molecule has 0 aromatic carbocycles. The molecular weight excluding hydrogens is 851 g/mol. The van der Waals surface area contributed by atoms with Gasteiger partial charge in [0.15, 0.2) is 0 Å². The third-order valence-electron chi connectivity index (χ3n) is 14.8. The van der Waals surface area contributed by atoms with Crippen molar-refractivity contribution in [3.63, 3.8) is 0 Å². The van der Waals surface area contributed by atoms with Crippen LogP contribution >= 0.6 is 0 Å². The molecule has 0 fully saturated rings. The lowest BCUT2D eigenvalue weighted by Gasteiger charge is -2.20. The molecule has 69 heavy (non-hydrogen) atoms. The molecule has 410 valence electrons. The van der Waals surface area contributed by atoms with Crippen LogP contribution in [-0.2, 0) is 14.3 Å². The van der Waals surface area contributed by atoms with Crippen LogP contribution in [0.5, 0.6) is 0 Å². The molecule has 0 radical (unpaired) electrons. The van der Waals surface area contributed by atoms with Gasteiger partial charge in [0.2, 0.25) is 5.91 Å². The fraction of sp³-hybridized carbons (Fsp3) is 0.937. The van der Waals surface area contributed by atoms with Gasteiger partial charge in [-0.05, 0) is 32.1 Å². The lowest BCUT2D eigenvalue weighted by atomic mass is 10.0. The van der Waals surface area contributed by atoms with Gasteiger partial charge in [-0.25, -0.2) is 0 Å². The number of unbranched alkanes of at least 4 members (excludes halogenated alkanes) is 48. The predicted molar refractivity (Wildman–Crippen MR) is 301 cm³/mol. The summed E-state index contributed by atoms with van der Waals surface area (Å²) in [5.41, 5.74) is 0. The number of rotatable bonds is 59. The molecule has 6 nitrogen and oxygen atoms in total. The summed E-state index contributed by atoms with van der Waals surface area (Å²) in [6.07, 6.45) is 71.0. The number of hydrogen-bond acceptors (Lipinski definition) is 5. The fourth-order valence-corrected chi connectivity index (χ4v) is 9.99. The third-order valence-corrected chi connectivity index (χ3v) is 14.8. The van der Waals surface area contributed by atoms with Gasteiger partial charge in [-0.3, -0.25) is 9.59 Å². The Labute approximate surface area is 431 Å². The van der Waals surface area contributed by atoms with E-state index in [2.05, 4.69) is 19.2 Å². The van der Waals surface area contributed by atoms with Gasteiger partial charge in [0, 0.05) is 12.8 Å². The molecule has 6 heteroatoms. The second kappa shape index (κ2) is 59.2. The summed E-state index contributed by atoms with van der Waals surface area (Å²) in [6, 6.07) is -0.636. The first-order chi connectivity index (χ1) is 34.0. The van der Waals surface area contributed by atoms with Gasteiger partial charge >= 0.3 is 5.97 Å². The highest BCUT2D eigenvalue weighted by atomic mass is 16.5. The summed E-state index contributed by atoms with van der Waals surface area (Å²) in [5, 5.41) is 23.2. The van der Waals surface area contributed by atoms with Crippen molar-refractivity contribution < 1.29 is 24.5 Å². The number of amides is 1. The number of nitrogens with one attached hydrogen (secondary N) is 1. The largest absolute Gasteiger partial charge is 0.466 e. The van der Waals surface area contributed by atoms with Crippen LogP contribution in [0.15, 0.2) is 12.2 Å². The molecule has 2 unspecified atom stereocenters. The van der Waals surface area contributed by atoms with Crippen LogP contribution in [-0.4, -0.2) is 47.4 Å². The molecule has 0 aliphatic carbocycles. The van der Waals surface area contributed by atoms with Gasteiger partial charge in [-0.1, -0.05) is 321 Å². The van der Waals surface area contributed by atoms with E-state index in [0.717, 1.165) is 57.8 Å². The maximum atomic E-state index is 12.5. The molecule has 0 rings (SSSR count). The SMILES string of the molecule is CCCCCCCCCCCCCCCCCCCC/C=C/C(O)C(CO)NC(=O)CCCCCCCCCCCCCCCCOC(=O)CCCCCCCCCCCCCCCCCCCC. The zero-order valence-corrected chi connectivity index (χ0v) is 46.8. The zero-order valence-electron chi connectivity index (χ0n) is 46.8. The molecular formula is C63H123NO5. The quantitative estimate of drug-likeness (QED) is 0.0321. The summed E-state index contributed by atoms with van der Waals surface area (Å²) in [6.45, 7) is 4.92. The number of carbonyl (C=O) groups excluding carboxylic acids is 2. The van der Waals surface area contributed by atoms with E-state index in [1.165, 1.54) is 270 Å². The van der Waals surface area contributed by atoms with Gasteiger partial charge in [0.05, 0.1) is 25.4 Å². The van der Waals surface area contributed by atoms with Crippen molar-refractivity contribution in [2.45, 2.75) is 366 Å². The number of ether oxygens (including phenoxy) is 1. The maximum absolute atomic E-state index is 12.5. The first-order valence-corrected chi connectivity index (χ1v) is 31.5. The summed E-state index contributed by atoms with van der Waals surface area (Å²) in [5.74, 6) is -0.0724. The Morgan fingerprint density at radius 1 is 0.391 bits per heavy atom. The second-order valence-corrected chi connectivity index (χ2v) is 21.8. The molecule has 0 saturated heterocycles. The van der Waals surface area contributed by atoms with Crippen molar-refractivity contribution in [3.8, 4) is 0 Å². The third kappa shape index (κ3) is 55.8. The summed E-state index contributed by atoms with van der Waals surface area (Å²) in [7, 11) is 0. The van der Waals surface area contributed by atoms with Gasteiger partial charge in [0.25, 0.3) is 0 Å². The summed E-state index contributed by atoms with van der Waals surface area (Å²) >= 11 is 0. The zero-order chi connectivity index (χ0) is 50.0. The molecule has 0 bridgehead atoms. The van der Waals surface area contributed by atoms with Gasteiger partial charge in [0.1, 0.15) is 0 Å². The minimum absolute atomic E-state index is 0.00200. The highest BCUT2D eigenvalue weighted by Crippen LogP contribution is 2.18. The van der Waals surface area contributed by atoms with Crippen LogP contribution in [0.3, 0.4) is 0 Å². The van der Waals surface area contributed by atoms with Crippen molar-refractivity contribution in [1.82, 2.24) is 5.32 Å². The Hall–Kier alpha value is -1.40. The van der Waals surface area contributed by atoms with Crippen LogP contribution < -0.4 is 5.32 Å². The highest BCUT2D eigenvalue weighted by Gasteiger charge is 2.18. The molecule has 0 heterocycles. The van der Waals surface area contributed by atoms with E-state index in [1.807, 2.05) is 6.08 Å². The standard InChI is InChI=1S/C63H123NO5/c1-3-5-7-9-11-13-15-17-19-21-23-24-25-27-31-35-39-43-47-51-55-61(66)60(59-65)64-62(67)56-52-48-44-40-36-32-29-30-34-38-42-46-50-54-58-69-63(68)57-53-49-45-41-37-33-28-26-22-20-18-16-14-12-10-8-6-4-2/h51,55,60-61,65-66H,3-50,52-54,56-59H2,1-2H3,(H,64,67)/b55-51+. The van der Waals surface area contributed by atoms with Crippen molar-refractivity contribution in [2.24, 2.45) is 0 Å². The molecule has 2 atom stereocenters. The van der Waals surface area contributed by atoms with E-state index in [0.29, 0.717) is 19.4 Å². The smallest absolute Gasteiger partial charge is 0.305 e. The van der Waals surface area contributed by atoms with Crippen LogP contribution in [0.2, 0.25) is 0 Å². The van der Waals surface area contributed by atoms with Gasteiger partial charge in [-0.15, -0.1) is 0 Å². The Morgan fingerprint density at radius 3 is 0.986 bits per heavy atom. The lowest BCUT2D eigenvalue weighted by molar-refractivity contribution is -0.143. The van der Waals surface area contributed by atoms with E-state index < -0.39 is 12.1 Å². The Kier molecular flexibility index (Phi) is 58.0. The Bertz CT molecular complexity index is 1030. The van der Waals surface area contributed by atoms with E-state index in [4.69, 9.17) is 4.74 Å². The van der Waals surface area contributed by atoms with Crippen molar-refractivity contribution >= 4 is 11.9 Å². The molecule has 0 aliphatic rings. The Morgan fingerprint density at radius 2 is 0.667 bits per heavy atom. The monoisotopic (exact) mass is 974 g/mol. The number of carbonyl (C=O) groups is 2. The second-order valence-electron chi connectivity index (χ2n) is 21.8. The van der Waals surface area contributed by atoms with Crippen molar-refractivity contribution in [3.05, 3.63) is 12.2 Å². The normalized spacial score (nSPS) is 12.6. The van der Waals surface area contributed by atoms with Crippen LogP contribution in [0, 0.1) is 0 Å². The van der Waals surface area contributed by atoms with Crippen molar-refractivity contribution in [2.75, 3.05) is 13.2 Å². The topological polar surface area (TPSA) is 95.9 Å². The first kappa shape index (κ1) is 67.6. The summed E-state index contributed by atoms with van der Waals surface area (Å²) < 4.78 is 5.49. The van der Waals surface area contributed by atoms with E-state index in [1.54, 1.807) is 6.08 Å². The molecule has 3 N–H and O–H groups in total. The van der Waals surface area contributed by atoms with Crippen molar-refractivity contribution in [1.29, 1.82) is 0 Å². The first-order valence-electron chi connectivity index (χ1n) is 31.5. The van der Waals surface area contributed by atoms with Crippen LogP contribution in [0.25, 0.3) is 0 Å². The molecule has 0 spiro atoms. The average molecular weight is 975 g/mol. The van der Waals surface area contributed by atoms with Gasteiger partial charge < -0.3 is 20.3 Å². The van der Waals surface area contributed by atoms with E-state index >= 15 is 0 Å². The lowest BCUT2D eigenvalue weighted by Crippen LogP contribution is -2.45. The van der Waals surface area contributed by atoms with Gasteiger partial charge in [-0.2, -0.15) is 0 Å². The van der Waals surface area contributed by atoms with E-state index in [-0.39, 0.29) is 18.5 Å². The molecule has 0 aliphatic heterocycles. The highest BCUT2D eigenvalue weighted by molar-refractivity contribution is 5.76.